The van der Waals surface area contributed by atoms with E-state index in [1.807, 2.05) is 47.4 Å². The summed E-state index contributed by atoms with van der Waals surface area (Å²) in [6, 6.07) is 18.3. The molecule has 0 bridgehead atoms. The van der Waals surface area contributed by atoms with Crippen molar-refractivity contribution < 1.29 is 4.79 Å². The highest BCUT2D eigenvalue weighted by atomic mass is 16.2. The molecule has 2 aliphatic heterocycles. The standard InChI is InChI=1S/C29H31N5O/c1-20-13-14-25-23(17-20)24(18-26(30-25)21-9-4-2-5-10-21)29(35)33-15-8-11-22(19-33)28-32-31-27-12-6-3-7-16-34(27)28/h2,4-5,9-10,13-14,17-18,22H,3,6-8,11-12,15-16,19H2,1H3. The first kappa shape index (κ1) is 22.0. The summed E-state index contributed by atoms with van der Waals surface area (Å²) in [5.74, 6) is 2.50. The molecule has 0 aliphatic carbocycles. The number of amides is 1. The highest BCUT2D eigenvalue weighted by Crippen LogP contribution is 2.31. The third kappa shape index (κ3) is 4.22. The molecular formula is C29H31N5O. The van der Waals surface area contributed by atoms with E-state index in [0.29, 0.717) is 6.54 Å². The molecule has 1 atom stereocenters. The zero-order chi connectivity index (χ0) is 23.8. The average Bonchev–Trinajstić information content (AvgIpc) is 3.16. The number of carbonyl (C=O) groups excluding carboxylic acids is 1. The molecule has 4 heterocycles. The van der Waals surface area contributed by atoms with Gasteiger partial charge < -0.3 is 9.47 Å². The van der Waals surface area contributed by atoms with E-state index < -0.39 is 0 Å². The lowest BCUT2D eigenvalue weighted by atomic mass is 9.95. The Hall–Kier alpha value is -3.54. The second-order valence-corrected chi connectivity index (χ2v) is 9.97. The normalized spacial score (nSPS) is 18.3. The minimum atomic E-state index is 0.0838. The Morgan fingerprint density at radius 2 is 1.83 bits per heavy atom. The van der Waals surface area contributed by atoms with Gasteiger partial charge >= 0.3 is 0 Å². The number of aromatic nitrogens is 4. The fraction of sp³-hybridized carbons (Fsp3) is 0.379. The molecule has 6 rings (SSSR count). The lowest BCUT2D eigenvalue weighted by Crippen LogP contribution is -2.40. The number of benzene rings is 2. The van der Waals surface area contributed by atoms with Crippen LogP contribution >= 0.6 is 0 Å². The second-order valence-electron chi connectivity index (χ2n) is 9.97. The molecule has 178 valence electrons. The molecule has 2 aromatic carbocycles. The van der Waals surface area contributed by atoms with Crippen LogP contribution in [0.2, 0.25) is 0 Å². The SMILES string of the molecule is Cc1ccc2nc(-c3ccccc3)cc(C(=O)N3CCCC(c4nnc5n4CCCCC5)C3)c2c1. The van der Waals surface area contributed by atoms with E-state index in [-0.39, 0.29) is 11.8 Å². The van der Waals surface area contributed by atoms with Gasteiger partial charge in [0.2, 0.25) is 0 Å². The summed E-state index contributed by atoms with van der Waals surface area (Å²) in [7, 11) is 0. The van der Waals surface area contributed by atoms with Crippen LogP contribution in [0.4, 0.5) is 0 Å². The molecule has 1 unspecified atom stereocenters. The van der Waals surface area contributed by atoms with Crippen LogP contribution in [0.1, 0.15) is 65.6 Å². The second kappa shape index (κ2) is 9.25. The van der Waals surface area contributed by atoms with E-state index in [1.54, 1.807) is 0 Å². The summed E-state index contributed by atoms with van der Waals surface area (Å²) < 4.78 is 2.34. The third-order valence-corrected chi connectivity index (χ3v) is 7.48. The van der Waals surface area contributed by atoms with Crippen LogP contribution in [-0.2, 0) is 13.0 Å². The fourth-order valence-electron chi connectivity index (χ4n) is 5.63. The van der Waals surface area contributed by atoms with Gasteiger partial charge in [-0.1, -0.05) is 48.4 Å². The number of hydrogen-bond acceptors (Lipinski definition) is 4. The zero-order valence-corrected chi connectivity index (χ0v) is 20.3. The Kier molecular flexibility index (Phi) is 5.80. The quantitative estimate of drug-likeness (QED) is 0.398. The van der Waals surface area contributed by atoms with Crippen molar-refractivity contribution in [3.8, 4) is 11.3 Å². The van der Waals surface area contributed by atoms with Crippen LogP contribution in [0.3, 0.4) is 0 Å². The summed E-state index contributed by atoms with van der Waals surface area (Å²) in [6.07, 6.45) is 6.65. The Bertz CT molecular complexity index is 1380. The van der Waals surface area contributed by atoms with Crippen molar-refractivity contribution in [3.05, 3.63) is 77.4 Å². The lowest BCUT2D eigenvalue weighted by molar-refractivity contribution is 0.0705. The number of hydrogen-bond donors (Lipinski definition) is 0. The van der Waals surface area contributed by atoms with Gasteiger partial charge in [-0.15, -0.1) is 10.2 Å². The minimum absolute atomic E-state index is 0.0838. The zero-order valence-electron chi connectivity index (χ0n) is 20.3. The molecule has 0 saturated carbocycles. The molecule has 0 radical (unpaired) electrons. The van der Waals surface area contributed by atoms with Gasteiger partial charge in [0.25, 0.3) is 5.91 Å². The molecule has 0 N–H and O–H groups in total. The number of fused-ring (bicyclic) bond motifs is 2. The van der Waals surface area contributed by atoms with Crippen LogP contribution < -0.4 is 0 Å². The van der Waals surface area contributed by atoms with Crippen molar-refractivity contribution in [2.75, 3.05) is 13.1 Å². The summed E-state index contributed by atoms with van der Waals surface area (Å²) in [6.45, 7) is 4.52. The molecule has 1 amide bonds. The minimum Gasteiger partial charge on any atom is -0.338 e. The Morgan fingerprint density at radius 1 is 0.943 bits per heavy atom. The maximum atomic E-state index is 14.0. The number of piperidine rings is 1. The Balaban J connectivity index is 1.35. The van der Waals surface area contributed by atoms with Crippen LogP contribution in [0.5, 0.6) is 0 Å². The molecule has 1 fully saturated rings. The van der Waals surface area contributed by atoms with E-state index in [1.165, 1.54) is 19.3 Å². The molecule has 2 aromatic heterocycles. The van der Waals surface area contributed by atoms with Crippen molar-refractivity contribution in [2.45, 2.75) is 57.9 Å². The Labute approximate surface area is 206 Å². The number of pyridine rings is 1. The predicted octanol–water partition coefficient (Wildman–Crippen LogP) is 5.55. The number of rotatable bonds is 3. The van der Waals surface area contributed by atoms with Crippen molar-refractivity contribution >= 4 is 16.8 Å². The smallest absolute Gasteiger partial charge is 0.254 e. The van der Waals surface area contributed by atoms with Crippen molar-refractivity contribution in [1.82, 2.24) is 24.6 Å². The van der Waals surface area contributed by atoms with Gasteiger partial charge in [-0.3, -0.25) is 4.79 Å². The summed E-state index contributed by atoms with van der Waals surface area (Å²) in [5.41, 5.74) is 4.58. The highest BCUT2D eigenvalue weighted by molar-refractivity contribution is 6.07. The molecule has 1 saturated heterocycles. The van der Waals surface area contributed by atoms with E-state index in [2.05, 4.69) is 33.8 Å². The summed E-state index contributed by atoms with van der Waals surface area (Å²) in [5, 5.41) is 10.1. The summed E-state index contributed by atoms with van der Waals surface area (Å²) >= 11 is 0. The number of likely N-dealkylation sites (tertiary alicyclic amines) is 1. The van der Waals surface area contributed by atoms with Crippen LogP contribution in [0.25, 0.3) is 22.2 Å². The molecule has 4 aromatic rings. The largest absolute Gasteiger partial charge is 0.338 e. The molecule has 35 heavy (non-hydrogen) atoms. The number of carbonyl (C=O) groups is 1. The van der Waals surface area contributed by atoms with Crippen LogP contribution in [-0.4, -0.2) is 43.6 Å². The van der Waals surface area contributed by atoms with Gasteiger partial charge in [0.05, 0.1) is 16.8 Å². The van der Waals surface area contributed by atoms with E-state index in [4.69, 9.17) is 4.98 Å². The summed E-state index contributed by atoms with van der Waals surface area (Å²) in [4.78, 5) is 20.9. The maximum absolute atomic E-state index is 14.0. The molecular weight excluding hydrogens is 434 g/mol. The first-order valence-corrected chi connectivity index (χ1v) is 12.9. The van der Waals surface area contributed by atoms with Gasteiger partial charge in [0.15, 0.2) is 0 Å². The third-order valence-electron chi connectivity index (χ3n) is 7.48. The maximum Gasteiger partial charge on any atom is 0.254 e. The first-order chi connectivity index (χ1) is 17.2. The van der Waals surface area contributed by atoms with Crippen molar-refractivity contribution in [3.63, 3.8) is 0 Å². The molecule has 6 nitrogen and oxygen atoms in total. The monoisotopic (exact) mass is 465 g/mol. The predicted molar refractivity (Wildman–Crippen MR) is 137 cm³/mol. The van der Waals surface area contributed by atoms with E-state index in [9.17, 15) is 4.79 Å². The van der Waals surface area contributed by atoms with Gasteiger partial charge in [0, 0.05) is 42.9 Å². The van der Waals surface area contributed by atoms with Crippen molar-refractivity contribution in [2.24, 2.45) is 0 Å². The average molecular weight is 466 g/mol. The van der Waals surface area contributed by atoms with Gasteiger partial charge in [-0.25, -0.2) is 4.98 Å². The van der Waals surface area contributed by atoms with Crippen LogP contribution in [0.15, 0.2) is 54.6 Å². The van der Waals surface area contributed by atoms with Gasteiger partial charge in [0.1, 0.15) is 11.6 Å². The van der Waals surface area contributed by atoms with Gasteiger partial charge in [-0.05, 0) is 50.8 Å². The van der Waals surface area contributed by atoms with E-state index in [0.717, 1.165) is 77.3 Å². The van der Waals surface area contributed by atoms with Gasteiger partial charge in [-0.2, -0.15) is 0 Å². The Morgan fingerprint density at radius 3 is 2.71 bits per heavy atom. The van der Waals surface area contributed by atoms with E-state index >= 15 is 0 Å². The topological polar surface area (TPSA) is 63.9 Å². The number of nitrogens with zero attached hydrogens (tertiary/aromatic N) is 5. The number of aryl methyl sites for hydroxylation is 2. The van der Waals surface area contributed by atoms with Crippen LogP contribution in [0, 0.1) is 6.92 Å². The molecule has 6 heteroatoms. The molecule has 0 spiro atoms. The molecule has 2 aliphatic rings. The fourth-order valence-corrected chi connectivity index (χ4v) is 5.63. The highest BCUT2D eigenvalue weighted by Gasteiger charge is 2.31. The first-order valence-electron chi connectivity index (χ1n) is 12.9. The lowest BCUT2D eigenvalue weighted by Gasteiger charge is -2.33. The van der Waals surface area contributed by atoms with Crippen molar-refractivity contribution in [1.29, 1.82) is 0 Å².